The van der Waals surface area contributed by atoms with Gasteiger partial charge in [0, 0.05) is 48.8 Å². The predicted molar refractivity (Wildman–Crippen MR) is 79.7 cm³/mol. The van der Waals surface area contributed by atoms with Crippen LogP contribution in [0.4, 0.5) is 5.69 Å². The van der Waals surface area contributed by atoms with Crippen molar-refractivity contribution in [3.05, 3.63) is 35.7 Å². The summed E-state index contributed by atoms with van der Waals surface area (Å²) in [5, 5.41) is 5.01. The van der Waals surface area contributed by atoms with E-state index in [-0.39, 0.29) is 5.91 Å². The Balaban J connectivity index is 2.10. The lowest BCUT2D eigenvalue weighted by atomic mass is 10.0. The molecule has 3 N–H and O–H groups in total. The van der Waals surface area contributed by atoms with Gasteiger partial charge in [-0.3, -0.25) is 9.78 Å². The third-order valence-corrected chi connectivity index (χ3v) is 3.74. The van der Waals surface area contributed by atoms with E-state index in [2.05, 4.69) is 10.3 Å². The first-order valence-corrected chi connectivity index (χ1v) is 6.82. The maximum absolute atomic E-state index is 12.6. The van der Waals surface area contributed by atoms with Gasteiger partial charge in [-0.15, -0.1) is 0 Å². The zero-order chi connectivity index (χ0) is 14.1. The molecule has 0 radical (unpaired) electrons. The Morgan fingerprint density at radius 2 is 2.10 bits per heavy atom. The summed E-state index contributed by atoms with van der Waals surface area (Å²) in [5.74, 6) is -0.0119. The number of carbonyl (C=O) groups excluding carboxylic acids is 1. The lowest BCUT2D eigenvalue weighted by Gasteiger charge is -2.27. The Labute approximate surface area is 117 Å². The average Bonchev–Trinajstić information content (AvgIpc) is 2.48. The highest BCUT2D eigenvalue weighted by Crippen LogP contribution is 2.26. The number of nitrogen functional groups attached to an aromatic ring is 1. The molecule has 1 saturated heterocycles. The SMILES string of the molecule is Cc1cnc(C(=O)N2CCNCC2)c2cccc(N)c12. The number of rotatable bonds is 1. The van der Waals surface area contributed by atoms with Crippen LogP contribution < -0.4 is 11.1 Å². The number of aryl methyl sites for hydroxylation is 1. The molecule has 0 aliphatic carbocycles. The molecule has 1 aliphatic heterocycles. The number of pyridine rings is 1. The number of nitrogens with zero attached hydrogens (tertiary/aromatic N) is 2. The predicted octanol–water partition coefficient (Wildman–Crippen LogP) is 1.17. The van der Waals surface area contributed by atoms with Crippen LogP contribution >= 0.6 is 0 Å². The highest BCUT2D eigenvalue weighted by Gasteiger charge is 2.21. The molecule has 0 spiro atoms. The van der Waals surface area contributed by atoms with Crippen molar-refractivity contribution in [2.45, 2.75) is 6.92 Å². The van der Waals surface area contributed by atoms with Crippen molar-refractivity contribution < 1.29 is 4.79 Å². The molecule has 1 fully saturated rings. The number of hydrogen-bond donors (Lipinski definition) is 2. The third kappa shape index (κ3) is 2.10. The molecule has 2 aromatic rings. The second-order valence-electron chi connectivity index (χ2n) is 5.10. The number of benzene rings is 1. The summed E-state index contributed by atoms with van der Waals surface area (Å²) >= 11 is 0. The summed E-state index contributed by atoms with van der Waals surface area (Å²) in [6.45, 7) is 5.07. The first-order chi connectivity index (χ1) is 9.68. The van der Waals surface area contributed by atoms with E-state index in [1.54, 1.807) is 6.20 Å². The highest BCUT2D eigenvalue weighted by molar-refractivity contribution is 6.09. The number of hydrogen-bond acceptors (Lipinski definition) is 4. The first kappa shape index (κ1) is 12.9. The molecule has 20 heavy (non-hydrogen) atoms. The fourth-order valence-corrected chi connectivity index (χ4v) is 2.69. The molecule has 0 bridgehead atoms. The Hall–Kier alpha value is -2.14. The third-order valence-electron chi connectivity index (χ3n) is 3.74. The molecule has 5 nitrogen and oxygen atoms in total. The first-order valence-electron chi connectivity index (χ1n) is 6.82. The quantitative estimate of drug-likeness (QED) is 0.763. The standard InChI is InChI=1S/C15H18N4O/c1-10-9-18-14(11-3-2-4-12(16)13(10)11)15(20)19-7-5-17-6-8-19/h2-4,9,17H,5-8,16H2,1H3. The van der Waals surface area contributed by atoms with Gasteiger partial charge in [-0.05, 0) is 18.6 Å². The van der Waals surface area contributed by atoms with Gasteiger partial charge in [-0.2, -0.15) is 0 Å². The van der Waals surface area contributed by atoms with Crippen LogP contribution in [0, 0.1) is 6.92 Å². The Bertz CT molecular complexity index is 654. The van der Waals surface area contributed by atoms with Crippen LogP contribution in [0.25, 0.3) is 10.8 Å². The molecule has 5 heteroatoms. The summed E-state index contributed by atoms with van der Waals surface area (Å²) in [6, 6.07) is 5.64. The van der Waals surface area contributed by atoms with Gasteiger partial charge in [0.25, 0.3) is 5.91 Å². The smallest absolute Gasteiger partial charge is 0.273 e. The maximum Gasteiger partial charge on any atom is 0.273 e. The van der Waals surface area contributed by atoms with E-state index in [9.17, 15) is 4.79 Å². The molecule has 1 amide bonds. The van der Waals surface area contributed by atoms with E-state index in [1.165, 1.54) is 0 Å². The van der Waals surface area contributed by atoms with Gasteiger partial charge in [0.05, 0.1) is 0 Å². The Kier molecular flexibility index (Phi) is 3.28. The molecule has 0 atom stereocenters. The van der Waals surface area contributed by atoms with E-state index in [0.717, 1.165) is 42.5 Å². The molecule has 0 saturated carbocycles. The van der Waals surface area contributed by atoms with Crippen molar-refractivity contribution >= 4 is 22.4 Å². The van der Waals surface area contributed by atoms with Gasteiger partial charge in [0.2, 0.25) is 0 Å². The van der Waals surface area contributed by atoms with E-state index in [1.807, 2.05) is 30.0 Å². The summed E-state index contributed by atoms with van der Waals surface area (Å²) in [6.07, 6.45) is 1.73. The molecule has 3 rings (SSSR count). The Morgan fingerprint density at radius 1 is 1.35 bits per heavy atom. The molecule has 2 heterocycles. The molecule has 0 unspecified atom stereocenters. The number of aromatic nitrogens is 1. The zero-order valence-electron chi connectivity index (χ0n) is 11.5. The van der Waals surface area contributed by atoms with Crippen molar-refractivity contribution in [2.75, 3.05) is 31.9 Å². The number of amides is 1. The summed E-state index contributed by atoms with van der Waals surface area (Å²) in [5.41, 5.74) is 8.23. The van der Waals surface area contributed by atoms with Gasteiger partial charge < -0.3 is 16.0 Å². The summed E-state index contributed by atoms with van der Waals surface area (Å²) in [7, 11) is 0. The normalized spacial score (nSPS) is 15.6. The van der Waals surface area contributed by atoms with Crippen LogP contribution in [0.1, 0.15) is 16.1 Å². The fourth-order valence-electron chi connectivity index (χ4n) is 2.69. The van der Waals surface area contributed by atoms with Crippen LogP contribution in [0.5, 0.6) is 0 Å². The Morgan fingerprint density at radius 3 is 2.85 bits per heavy atom. The van der Waals surface area contributed by atoms with E-state index >= 15 is 0 Å². The number of anilines is 1. The number of carbonyl (C=O) groups is 1. The number of nitrogens with two attached hydrogens (primary N) is 1. The van der Waals surface area contributed by atoms with Crippen LogP contribution in [0.15, 0.2) is 24.4 Å². The average molecular weight is 270 g/mol. The van der Waals surface area contributed by atoms with Crippen molar-refractivity contribution in [3.8, 4) is 0 Å². The topological polar surface area (TPSA) is 71.2 Å². The molecule has 104 valence electrons. The molecule has 1 aromatic heterocycles. The van der Waals surface area contributed by atoms with E-state index in [4.69, 9.17) is 5.73 Å². The second kappa shape index (κ2) is 5.09. The van der Waals surface area contributed by atoms with Gasteiger partial charge in [0.15, 0.2) is 0 Å². The molecule has 1 aromatic carbocycles. The molecular formula is C15H18N4O. The zero-order valence-corrected chi connectivity index (χ0v) is 11.5. The van der Waals surface area contributed by atoms with Crippen LogP contribution in [-0.2, 0) is 0 Å². The fraction of sp³-hybridized carbons (Fsp3) is 0.333. The van der Waals surface area contributed by atoms with Crippen molar-refractivity contribution in [1.82, 2.24) is 15.2 Å². The van der Waals surface area contributed by atoms with Crippen LogP contribution in [0.3, 0.4) is 0 Å². The van der Waals surface area contributed by atoms with Gasteiger partial charge in [-0.1, -0.05) is 12.1 Å². The minimum atomic E-state index is -0.0119. The largest absolute Gasteiger partial charge is 0.398 e. The van der Waals surface area contributed by atoms with Gasteiger partial charge in [0.1, 0.15) is 5.69 Å². The molecular weight excluding hydrogens is 252 g/mol. The number of nitrogens with one attached hydrogen (secondary N) is 1. The molecule has 1 aliphatic rings. The number of piperazine rings is 1. The van der Waals surface area contributed by atoms with E-state index in [0.29, 0.717) is 11.4 Å². The maximum atomic E-state index is 12.6. The van der Waals surface area contributed by atoms with Crippen molar-refractivity contribution in [1.29, 1.82) is 0 Å². The minimum Gasteiger partial charge on any atom is -0.398 e. The lowest BCUT2D eigenvalue weighted by molar-refractivity contribution is 0.0732. The summed E-state index contributed by atoms with van der Waals surface area (Å²) < 4.78 is 0. The van der Waals surface area contributed by atoms with Crippen LogP contribution in [0.2, 0.25) is 0 Å². The number of fused-ring (bicyclic) bond motifs is 1. The van der Waals surface area contributed by atoms with E-state index < -0.39 is 0 Å². The second-order valence-corrected chi connectivity index (χ2v) is 5.10. The van der Waals surface area contributed by atoms with Crippen molar-refractivity contribution in [3.63, 3.8) is 0 Å². The van der Waals surface area contributed by atoms with Gasteiger partial charge in [-0.25, -0.2) is 0 Å². The minimum absolute atomic E-state index is 0.0119. The summed E-state index contributed by atoms with van der Waals surface area (Å²) in [4.78, 5) is 18.8. The van der Waals surface area contributed by atoms with Crippen LogP contribution in [-0.4, -0.2) is 42.0 Å². The highest BCUT2D eigenvalue weighted by atomic mass is 16.2. The monoisotopic (exact) mass is 270 g/mol. The van der Waals surface area contributed by atoms with Gasteiger partial charge >= 0.3 is 0 Å². The lowest BCUT2D eigenvalue weighted by Crippen LogP contribution is -2.46. The van der Waals surface area contributed by atoms with Crippen molar-refractivity contribution in [2.24, 2.45) is 0 Å².